The number of ether oxygens (including phenoxy) is 1. The fourth-order valence-corrected chi connectivity index (χ4v) is 2.69. The summed E-state index contributed by atoms with van der Waals surface area (Å²) in [5.74, 6) is -0.159. The number of halogens is 1. The molecule has 0 aromatic heterocycles. The van der Waals surface area contributed by atoms with Gasteiger partial charge in [-0.05, 0) is 77.3 Å². The third-order valence-corrected chi connectivity index (χ3v) is 4.11. The minimum Gasteiger partial charge on any atom is -0.508 e. The van der Waals surface area contributed by atoms with E-state index in [0.717, 1.165) is 3.57 Å². The van der Waals surface area contributed by atoms with Gasteiger partial charge < -0.3 is 9.84 Å². The van der Waals surface area contributed by atoms with E-state index in [1.165, 1.54) is 24.3 Å². The number of phenols is 1. The van der Waals surface area contributed by atoms with Gasteiger partial charge in [-0.25, -0.2) is 0 Å². The Morgan fingerprint density at radius 3 is 2.28 bits per heavy atom. The largest absolute Gasteiger partial charge is 0.508 e. The maximum atomic E-state index is 12.1. The summed E-state index contributed by atoms with van der Waals surface area (Å²) in [5, 5.41) is 11.6. The van der Waals surface area contributed by atoms with Gasteiger partial charge in [0, 0.05) is 11.1 Å². The van der Waals surface area contributed by atoms with Crippen LogP contribution in [0.3, 0.4) is 0 Å². The minimum atomic E-state index is -0.462. The predicted octanol–water partition coefficient (Wildman–Crippen LogP) is 1.95. The molecule has 0 aliphatic carbocycles. The van der Waals surface area contributed by atoms with Crippen LogP contribution >= 0.6 is 34.8 Å². The number of nitrogens with one attached hydrogen (secondary N) is 3. The first-order chi connectivity index (χ1) is 11.9. The monoisotopic (exact) mass is 471 g/mol. The molecule has 7 nitrogen and oxygen atoms in total. The average molecular weight is 471 g/mol. The van der Waals surface area contributed by atoms with Crippen LogP contribution in [0.2, 0.25) is 0 Å². The zero-order chi connectivity index (χ0) is 18.4. The fraction of sp³-hybridized carbons (Fsp3) is 0.0625. The van der Waals surface area contributed by atoms with Crippen molar-refractivity contribution < 1.29 is 19.4 Å². The minimum absolute atomic E-state index is 0.0528. The van der Waals surface area contributed by atoms with E-state index in [1.807, 2.05) is 0 Å². The Kier molecular flexibility index (Phi) is 6.53. The highest BCUT2D eigenvalue weighted by atomic mass is 127. The van der Waals surface area contributed by atoms with Gasteiger partial charge in [-0.2, -0.15) is 0 Å². The molecule has 0 saturated heterocycles. The third kappa shape index (κ3) is 5.29. The van der Waals surface area contributed by atoms with Crippen molar-refractivity contribution in [2.24, 2.45) is 0 Å². The molecule has 9 heteroatoms. The lowest BCUT2D eigenvalue weighted by molar-refractivity contribution is 0.0934. The molecule has 4 N–H and O–H groups in total. The molecule has 2 aromatic rings. The van der Waals surface area contributed by atoms with Gasteiger partial charge in [-0.15, -0.1) is 0 Å². The van der Waals surface area contributed by atoms with E-state index < -0.39 is 11.8 Å². The van der Waals surface area contributed by atoms with Crippen molar-refractivity contribution in [3.8, 4) is 11.5 Å². The average Bonchev–Trinajstić information content (AvgIpc) is 2.60. The van der Waals surface area contributed by atoms with Crippen LogP contribution in [0.15, 0.2) is 42.5 Å². The fourth-order valence-electron chi connectivity index (χ4n) is 1.81. The number of hydrogen-bond donors (Lipinski definition) is 4. The van der Waals surface area contributed by atoms with Crippen LogP contribution in [0.4, 0.5) is 0 Å². The molecule has 0 bridgehead atoms. The molecule has 2 amide bonds. The molecule has 0 unspecified atom stereocenters. The van der Waals surface area contributed by atoms with Gasteiger partial charge >= 0.3 is 0 Å². The molecule has 2 rings (SSSR count). The van der Waals surface area contributed by atoms with Crippen molar-refractivity contribution in [1.29, 1.82) is 0 Å². The lowest BCUT2D eigenvalue weighted by atomic mass is 10.2. The number of aromatic hydroxyl groups is 1. The number of phenolic OH excluding ortho intramolecular Hbond substituents is 1. The molecule has 25 heavy (non-hydrogen) atoms. The molecule has 0 aliphatic heterocycles. The summed E-state index contributed by atoms with van der Waals surface area (Å²) in [5.41, 5.74) is 5.53. The maximum Gasteiger partial charge on any atom is 0.269 e. The molecule has 0 aliphatic rings. The van der Waals surface area contributed by atoms with Crippen molar-refractivity contribution in [2.45, 2.75) is 0 Å². The number of amides is 2. The summed E-state index contributed by atoms with van der Waals surface area (Å²) >= 11 is 7.04. The standard InChI is InChI=1S/C16H14IN3O4S/c1-24-13-7-4-10(8-12(13)17)14(22)18-16(25)20-19-15(23)9-2-5-11(21)6-3-9/h2-8,21H,1H3,(H,19,23)(H2,18,20,22,25). The number of carbonyl (C=O) groups excluding carboxylic acids is 2. The Morgan fingerprint density at radius 2 is 1.68 bits per heavy atom. The van der Waals surface area contributed by atoms with Crippen molar-refractivity contribution >= 4 is 51.7 Å². The molecular weight excluding hydrogens is 457 g/mol. The van der Waals surface area contributed by atoms with Crippen molar-refractivity contribution in [2.75, 3.05) is 7.11 Å². The first-order valence-electron chi connectivity index (χ1n) is 6.95. The van der Waals surface area contributed by atoms with E-state index in [0.29, 0.717) is 16.9 Å². The highest BCUT2D eigenvalue weighted by Crippen LogP contribution is 2.21. The number of carbonyl (C=O) groups is 2. The second kappa shape index (κ2) is 8.62. The first kappa shape index (κ1) is 18.9. The van der Waals surface area contributed by atoms with Crippen LogP contribution in [0, 0.1) is 3.57 Å². The molecule has 130 valence electrons. The molecule has 0 atom stereocenters. The van der Waals surface area contributed by atoms with Gasteiger partial charge in [0.05, 0.1) is 10.7 Å². The summed E-state index contributed by atoms with van der Waals surface area (Å²) in [4.78, 5) is 24.0. The molecular formula is C16H14IN3O4S. The zero-order valence-electron chi connectivity index (χ0n) is 13.0. The van der Waals surface area contributed by atoms with Crippen LogP contribution in [-0.2, 0) is 0 Å². The van der Waals surface area contributed by atoms with E-state index in [-0.39, 0.29) is 10.9 Å². The van der Waals surface area contributed by atoms with Crippen LogP contribution in [-0.4, -0.2) is 29.1 Å². The lowest BCUT2D eigenvalue weighted by Crippen LogP contribution is -2.48. The van der Waals surface area contributed by atoms with E-state index >= 15 is 0 Å². The zero-order valence-corrected chi connectivity index (χ0v) is 16.0. The van der Waals surface area contributed by atoms with Crippen LogP contribution in [0.25, 0.3) is 0 Å². The highest BCUT2D eigenvalue weighted by molar-refractivity contribution is 14.1. The quantitative estimate of drug-likeness (QED) is 0.311. The Labute approximate surface area is 162 Å². The van der Waals surface area contributed by atoms with Gasteiger partial charge in [0.2, 0.25) is 0 Å². The van der Waals surface area contributed by atoms with Gasteiger partial charge in [0.25, 0.3) is 11.8 Å². The number of methoxy groups -OCH3 is 1. The molecule has 0 heterocycles. The number of rotatable bonds is 3. The van der Waals surface area contributed by atoms with Crippen molar-refractivity contribution in [3.63, 3.8) is 0 Å². The van der Waals surface area contributed by atoms with Crippen LogP contribution < -0.4 is 20.9 Å². The predicted molar refractivity (Wildman–Crippen MR) is 104 cm³/mol. The highest BCUT2D eigenvalue weighted by Gasteiger charge is 2.11. The Balaban J connectivity index is 1.89. The Morgan fingerprint density at radius 1 is 1.04 bits per heavy atom. The van der Waals surface area contributed by atoms with Gasteiger partial charge in [0.1, 0.15) is 11.5 Å². The second-order valence-electron chi connectivity index (χ2n) is 4.76. The number of benzene rings is 2. The SMILES string of the molecule is COc1ccc(C(=O)NC(=S)NNC(=O)c2ccc(O)cc2)cc1I. The van der Waals surface area contributed by atoms with Gasteiger partial charge in [0.15, 0.2) is 5.11 Å². The van der Waals surface area contributed by atoms with Crippen LogP contribution in [0.1, 0.15) is 20.7 Å². The first-order valence-corrected chi connectivity index (χ1v) is 8.43. The summed E-state index contributed by atoms with van der Waals surface area (Å²) < 4.78 is 5.92. The van der Waals surface area contributed by atoms with E-state index in [2.05, 4.69) is 38.8 Å². The van der Waals surface area contributed by atoms with E-state index in [1.54, 1.807) is 25.3 Å². The molecule has 2 aromatic carbocycles. The van der Waals surface area contributed by atoms with Crippen LogP contribution in [0.5, 0.6) is 11.5 Å². The Bertz CT molecular complexity index is 812. The van der Waals surface area contributed by atoms with Crippen molar-refractivity contribution in [3.05, 3.63) is 57.2 Å². The topological polar surface area (TPSA) is 99.7 Å². The van der Waals surface area contributed by atoms with E-state index in [9.17, 15) is 14.7 Å². The third-order valence-electron chi connectivity index (χ3n) is 3.06. The van der Waals surface area contributed by atoms with Gasteiger partial charge in [-0.1, -0.05) is 0 Å². The number of thiocarbonyl (C=S) groups is 1. The Hall–Kier alpha value is -2.40. The molecule has 0 fully saturated rings. The summed E-state index contributed by atoms with van der Waals surface area (Å²) in [7, 11) is 1.55. The second-order valence-corrected chi connectivity index (χ2v) is 6.33. The maximum absolute atomic E-state index is 12.1. The molecule has 0 spiro atoms. The summed E-state index contributed by atoms with van der Waals surface area (Å²) in [6, 6.07) is 10.6. The lowest BCUT2D eigenvalue weighted by Gasteiger charge is -2.11. The smallest absolute Gasteiger partial charge is 0.269 e. The number of hydrazine groups is 1. The van der Waals surface area contributed by atoms with Gasteiger partial charge in [-0.3, -0.25) is 25.8 Å². The molecule has 0 saturated carbocycles. The van der Waals surface area contributed by atoms with Crippen molar-refractivity contribution in [1.82, 2.24) is 16.2 Å². The molecule has 0 radical (unpaired) electrons. The van der Waals surface area contributed by atoms with E-state index in [4.69, 9.17) is 17.0 Å². The normalized spacial score (nSPS) is 9.84. The summed E-state index contributed by atoms with van der Waals surface area (Å²) in [6.45, 7) is 0. The number of hydrogen-bond acceptors (Lipinski definition) is 5. The summed E-state index contributed by atoms with van der Waals surface area (Å²) in [6.07, 6.45) is 0.